The van der Waals surface area contributed by atoms with Gasteiger partial charge in [-0.15, -0.1) is 0 Å². The van der Waals surface area contributed by atoms with Gasteiger partial charge in [0.1, 0.15) is 11.4 Å². The van der Waals surface area contributed by atoms with E-state index < -0.39 is 0 Å². The van der Waals surface area contributed by atoms with E-state index in [0.717, 1.165) is 41.3 Å². The largest absolute Gasteiger partial charge is 0.508 e. The molecular weight excluding hydrogens is 394 g/mol. The Kier molecular flexibility index (Phi) is 5.81. The first kappa shape index (κ1) is 20.6. The number of phenols is 1. The molecule has 3 atom stereocenters. The number of aromatic nitrogens is 1. The van der Waals surface area contributed by atoms with E-state index in [0.29, 0.717) is 17.6 Å². The van der Waals surface area contributed by atoms with Crippen LogP contribution in [-0.2, 0) is 0 Å². The lowest BCUT2D eigenvalue weighted by atomic mass is 9.71. The number of phenolic OH excluding ortho intramolecular Hbond substituents is 1. The van der Waals surface area contributed by atoms with Gasteiger partial charge in [0, 0.05) is 17.0 Å². The smallest absolute Gasteiger partial charge is 0.198 e. The molecule has 162 valence electrons. The van der Waals surface area contributed by atoms with E-state index in [2.05, 4.69) is 37.3 Å². The predicted molar refractivity (Wildman–Crippen MR) is 129 cm³/mol. The van der Waals surface area contributed by atoms with Gasteiger partial charge in [0.25, 0.3) is 0 Å². The Bertz CT molecular complexity index is 1110. The average Bonchev–Trinajstić information content (AvgIpc) is 3.30. The van der Waals surface area contributed by atoms with Crippen LogP contribution in [0.25, 0.3) is 22.6 Å². The minimum Gasteiger partial charge on any atom is -0.508 e. The van der Waals surface area contributed by atoms with E-state index in [1.54, 1.807) is 6.07 Å². The summed E-state index contributed by atoms with van der Waals surface area (Å²) in [6, 6.07) is 28.3. The van der Waals surface area contributed by atoms with Crippen LogP contribution in [-0.4, -0.2) is 10.1 Å². The van der Waals surface area contributed by atoms with Crippen molar-refractivity contribution in [3.05, 3.63) is 96.4 Å². The lowest BCUT2D eigenvalue weighted by Gasteiger charge is -2.34. The molecule has 1 saturated carbocycles. The van der Waals surface area contributed by atoms with Crippen molar-refractivity contribution in [2.45, 2.75) is 44.4 Å². The molecule has 3 nitrogen and oxygen atoms in total. The third-order valence-corrected chi connectivity index (χ3v) is 6.90. The zero-order valence-electron chi connectivity index (χ0n) is 18.4. The van der Waals surface area contributed by atoms with Crippen molar-refractivity contribution in [1.82, 2.24) is 4.98 Å². The van der Waals surface area contributed by atoms with Crippen molar-refractivity contribution in [1.29, 1.82) is 0 Å². The molecule has 0 aliphatic heterocycles. The molecule has 0 saturated heterocycles. The molecule has 1 N–H and O–H groups in total. The van der Waals surface area contributed by atoms with Gasteiger partial charge in [0.2, 0.25) is 0 Å². The van der Waals surface area contributed by atoms with Gasteiger partial charge < -0.3 is 9.52 Å². The lowest BCUT2D eigenvalue weighted by Crippen LogP contribution is -2.23. The van der Waals surface area contributed by atoms with E-state index >= 15 is 0 Å². The maximum absolute atomic E-state index is 10.0. The number of aromatic hydroxyl groups is 1. The molecule has 32 heavy (non-hydrogen) atoms. The van der Waals surface area contributed by atoms with Crippen LogP contribution in [0.4, 0.5) is 0 Å². The summed E-state index contributed by atoms with van der Waals surface area (Å²) in [5.41, 5.74) is 4.23. The Balaban J connectivity index is 1.56. The fourth-order valence-corrected chi connectivity index (χ4v) is 5.19. The summed E-state index contributed by atoms with van der Waals surface area (Å²) in [5, 5.41) is 10.0. The molecular formula is C29H29NO2. The van der Waals surface area contributed by atoms with Gasteiger partial charge in [0.05, 0.1) is 0 Å². The van der Waals surface area contributed by atoms with Gasteiger partial charge in [-0.1, -0.05) is 92.6 Å². The molecule has 4 aromatic rings. The quantitative estimate of drug-likeness (QED) is 0.356. The first-order valence-corrected chi connectivity index (χ1v) is 11.6. The molecule has 3 unspecified atom stereocenters. The molecule has 1 heterocycles. The molecule has 0 amide bonds. The van der Waals surface area contributed by atoms with Crippen molar-refractivity contribution in [2.24, 2.45) is 5.92 Å². The summed E-state index contributed by atoms with van der Waals surface area (Å²) in [7, 11) is 0. The molecule has 0 bridgehead atoms. The van der Waals surface area contributed by atoms with E-state index in [1.165, 1.54) is 18.4 Å². The number of nitrogens with zero attached hydrogens (tertiary/aromatic N) is 1. The van der Waals surface area contributed by atoms with Crippen LogP contribution in [0.3, 0.4) is 0 Å². The maximum atomic E-state index is 10.0. The first-order valence-electron chi connectivity index (χ1n) is 11.6. The normalized spacial score (nSPS) is 19.5. The van der Waals surface area contributed by atoms with Crippen molar-refractivity contribution < 1.29 is 9.52 Å². The Morgan fingerprint density at radius 3 is 2.25 bits per heavy atom. The van der Waals surface area contributed by atoms with Crippen LogP contribution < -0.4 is 0 Å². The van der Waals surface area contributed by atoms with Crippen LogP contribution in [0.5, 0.6) is 5.75 Å². The fourth-order valence-electron chi connectivity index (χ4n) is 5.19. The maximum Gasteiger partial charge on any atom is 0.198 e. The number of oxazole rings is 1. The molecule has 1 aliphatic rings. The molecule has 0 spiro atoms. The highest BCUT2D eigenvalue weighted by molar-refractivity contribution is 5.76. The van der Waals surface area contributed by atoms with Gasteiger partial charge in [0.15, 0.2) is 11.7 Å². The third kappa shape index (κ3) is 4.08. The van der Waals surface area contributed by atoms with Crippen molar-refractivity contribution in [3.63, 3.8) is 0 Å². The predicted octanol–water partition coefficient (Wildman–Crippen LogP) is 7.79. The number of hydrogen-bond donors (Lipinski definition) is 1. The van der Waals surface area contributed by atoms with Crippen molar-refractivity contribution in [3.8, 4) is 28.3 Å². The monoisotopic (exact) mass is 423 g/mol. The topological polar surface area (TPSA) is 46.3 Å². The summed E-state index contributed by atoms with van der Waals surface area (Å²) in [6.07, 6.45) is 4.64. The van der Waals surface area contributed by atoms with Crippen LogP contribution >= 0.6 is 0 Å². The summed E-state index contributed by atoms with van der Waals surface area (Å²) < 4.78 is 6.57. The second-order valence-electron chi connectivity index (χ2n) is 8.90. The Labute approximate surface area is 189 Å². The average molecular weight is 424 g/mol. The summed E-state index contributed by atoms with van der Waals surface area (Å²) in [6.45, 7) is 2.27. The molecule has 3 heteroatoms. The third-order valence-electron chi connectivity index (χ3n) is 6.90. The van der Waals surface area contributed by atoms with E-state index in [4.69, 9.17) is 9.40 Å². The van der Waals surface area contributed by atoms with Crippen molar-refractivity contribution >= 4 is 0 Å². The minimum absolute atomic E-state index is 0.265. The van der Waals surface area contributed by atoms with Crippen LogP contribution in [0.2, 0.25) is 0 Å². The highest BCUT2D eigenvalue weighted by atomic mass is 16.4. The lowest BCUT2D eigenvalue weighted by molar-refractivity contribution is 0.237. The number of hydrogen-bond acceptors (Lipinski definition) is 3. The van der Waals surface area contributed by atoms with Gasteiger partial charge >= 0.3 is 0 Å². The van der Waals surface area contributed by atoms with Crippen molar-refractivity contribution in [2.75, 3.05) is 0 Å². The van der Waals surface area contributed by atoms with Gasteiger partial charge in [-0.3, -0.25) is 0 Å². The van der Waals surface area contributed by atoms with Crippen LogP contribution in [0.15, 0.2) is 89.3 Å². The zero-order valence-corrected chi connectivity index (χ0v) is 18.4. The van der Waals surface area contributed by atoms with Gasteiger partial charge in [-0.2, -0.15) is 0 Å². The molecule has 1 fully saturated rings. The van der Waals surface area contributed by atoms with E-state index in [9.17, 15) is 5.11 Å². The van der Waals surface area contributed by atoms with E-state index in [1.807, 2.05) is 48.5 Å². The number of benzene rings is 3. The zero-order chi connectivity index (χ0) is 21.9. The highest BCUT2D eigenvalue weighted by Crippen LogP contribution is 2.47. The minimum atomic E-state index is 0.265. The standard InChI is InChI=1S/C29H29NO2/c1-20(23-15-10-16-24(31)19-23)25-17-8-9-18-26(25)29-30-27(21-11-4-2-5-12-21)28(32-29)22-13-6-3-7-14-22/h2-7,10-16,19-20,25-26,31H,8-9,17-18H2,1H3. The summed E-state index contributed by atoms with van der Waals surface area (Å²) in [4.78, 5) is 5.11. The molecule has 0 radical (unpaired) electrons. The molecule has 5 rings (SSSR count). The number of rotatable bonds is 5. The van der Waals surface area contributed by atoms with E-state index in [-0.39, 0.29) is 5.92 Å². The van der Waals surface area contributed by atoms with Crippen LogP contribution in [0, 0.1) is 5.92 Å². The second-order valence-corrected chi connectivity index (χ2v) is 8.90. The fraction of sp³-hybridized carbons (Fsp3) is 0.276. The van der Waals surface area contributed by atoms with Gasteiger partial charge in [-0.25, -0.2) is 4.98 Å². The first-order chi connectivity index (χ1) is 15.7. The summed E-state index contributed by atoms with van der Waals surface area (Å²) >= 11 is 0. The summed E-state index contributed by atoms with van der Waals surface area (Å²) in [5.74, 6) is 3.04. The second kappa shape index (κ2) is 9.04. The van der Waals surface area contributed by atoms with Gasteiger partial charge in [-0.05, 0) is 42.4 Å². The molecule has 1 aliphatic carbocycles. The highest BCUT2D eigenvalue weighted by Gasteiger charge is 2.35. The molecule has 3 aromatic carbocycles. The van der Waals surface area contributed by atoms with Crippen LogP contribution in [0.1, 0.15) is 55.9 Å². The molecule has 1 aromatic heterocycles. The SMILES string of the molecule is CC(c1cccc(O)c1)C1CCCCC1c1nc(-c2ccccc2)c(-c2ccccc2)o1. The Morgan fingerprint density at radius 1 is 0.844 bits per heavy atom. The Morgan fingerprint density at radius 2 is 1.53 bits per heavy atom. The Hall–Kier alpha value is -3.33.